The van der Waals surface area contributed by atoms with Gasteiger partial charge in [0.1, 0.15) is 5.75 Å². The van der Waals surface area contributed by atoms with Gasteiger partial charge in [-0.1, -0.05) is 49.0 Å². The third-order valence-electron chi connectivity index (χ3n) is 5.52. The summed E-state index contributed by atoms with van der Waals surface area (Å²) in [5.74, 6) is 1.34. The standard InChI is InChI=1S/C23H23N3O2S/c1-3-16-6-4-5-7-21(16)25-14-26-22(27)12-19(20(13-24)23(26)29-15-25)17-8-10-18(28-2)11-9-17/h4-11,19H,3,12,14-15H2,1-2H3. The van der Waals surface area contributed by atoms with Crippen LogP contribution in [0.3, 0.4) is 0 Å². The van der Waals surface area contributed by atoms with Gasteiger partial charge in [-0.05, 0) is 35.7 Å². The number of anilines is 1. The van der Waals surface area contributed by atoms with Crippen LogP contribution < -0.4 is 9.64 Å². The monoisotopic (exact) mass is 405 g/mol. The molecule has 5 nitrogen and oxygen atoms in total. The number of nitrogens with zero attached hydrogens (tertiary/aromatic N) is 3. The minimum atomic E-state index is -0.202. The first-order valence-electron chi connectivity index (χ1n) is 9.70. The van der Waals surface area contributed by atoms with Crippen LogP contribution in [0, 0.1) is 11.3 Å². The normalized spacial score (nSPS) is 19.1. The fourth-order valence-corrected chi connectivity index (χ4v) is 5.11. The van der Waals surface area contributed by atoms with Crippen LogP contribution in [0.15, 0.2) is 59.1 Å². The summed E-state index contributed by atoms with van der Waals surface area (Å²) in [5, 5.41) is 10.7. The van der Waals surface area contributed by atoms with Crippen molar-refractivity contribution in [3.05, 3.63) is 70.3 Å². The number of carbonyl (C=O) groups excluding carboxylic acids is 1. The van der Waals surface area contributed by atoms with Gasteiger partial charge in [0.15, 0.2) is 0 Å². The van der Waals surface area contributed by atoms with Gasteiger partial charge in [0.2, 0.25) is 5.91 Å². The van der Waals surface area contributed by atoms with Gasteiger partial charge in [-0.3, -0.25) is 9.69 Å². The zero-order valence-electron chi connectivity index (χ0n) is 16.6. The summed E-state index contributed by atoms with van der Waals surface area (Å²) in [6, 6.07) is 18.4. The maximum atomic E-state index is 13.0. The van der Waals surface area contributed by atoms with E-state index in [1.165, 1.54) is 5.56 Å². The number of benzene rings is 2. The van der Waals surface area contributed by atoms with Crippen molar-refractivity contribution in [1.82, 2.24) is 4.90 Å². The van der Waals surface area contributed by atoms with E-state index in [1.807, 2.05) is 36.4 Å². The minimum Gasteiger partial charge on any atom is -0.497 e. The molecule has 1 saturated heterocycles. The molecule has 1 unspecified atom stereocenters. The van der Waals surface area contributed by atoms with Crippen molar-refractivity contribution in [2.75, 3.05) is 24.6 Å². The molecule has 1 atom stereocenters. The molecule has 4 rings (SSSR count). The molecule has 1 fully saturated rings. The van der Waals surface area contributed by atoms with Crippen LogP contribution in [-0.4, -0.2) is 30.5 Å². The summed E-state index contributed by atoms with van der Waals surface area (Å²) < 4.78 is 5.23. The molecule has 2 aromatic rings. The lowest BCUT2D eigenvalue weighted by atomic mass is 9.86. The summed E-state index contributed by atoms with van der Waals surface area (Å²) >= 11 is 1.58. The third kappa shape index (κ3) is 3.58. The van der Waals surface area contributed by atoms with E-state index in [2.05, 4.69) is 30.0 Å². The van der Waals surface area contributed by atoms with Crippen LogP contribution in [-0.2, 0) is 11.2 Å². The predicted molar refractivity (Wildman–Crippen MR) is 115 cm³/mol. The fourth-order valence-electron chi connectivity index (χ4n) is 3.95. The van der Waals surface area contributed by atoms with Gasteiger partial charge in [0.25, 0.3) is 0 Å². The maximum absolute atomic E-state index is 13.0. The number of amides is 1. The van der Waals surface area contributed by atoms with Gasteiger partial charge < -0.3 is 9.64 Å². The molecular formula is C23H23N3O2S. The Balaban J connectivity index is 1.65. The Kier molecular flexibility index (Phi) is 5.50. The lowest BCUT2D eigenvalue weighted by molar-refractivity contribution is -0.129. The van der Waals surface area contributed by atoms with Gasteiger partial charge in [-0.2, -0.15) is 5.26 Å². The van der Waals surface area contributed by atoms with Crippen LogP contribution in [0.2, 0.25) is 0 Å². The number of thioether (sulfide) groups is 1. The van der Waals surface area contributed by atoms with E-state index in [0.717, 1.165) is 34.3 Å². The molecule has 2 aliphatic heterocycles. The molecule has 0 aromatic heterocycles. The molecule has 6 heteroatoms. The van der Waals surface area contributed by atoms with Crippen molar-refractivity contribution in [2.45, 2.75) is 25.7 Å². The molecule has 0 bridgehead atoms. The zero-order chi connectivity index (χ0) is 20.4. The third-order valence-corrected chi connectivity index (χ3v) is 6.68. The molecule has 1 amide bonds. The smallest absolute Gasteiger partial charge is 0.229 e. The number of hydrogen-bond donors (Lipinski definition) is 0. The second-order valence-corrected chi connectivity index (χ2v) is 8.05. The van der Waals surface area contributed by atoms with Crippen LogP contribution in [0.4, 0.5) is 5.69 Å². The largest absolute Gasteiger partial charge is 0.497 e. The molecule has 0 saturated carbocycles. The van der Waals surface area contributed by atoms with Gasteiger partial charge in [0.05, 0.1) is 36.3 Å². The Bertz CT molecular complexity index is 994. The van der Waals surface area contributed by atoms with E-state index >= 15 is 0 Å². The Morgan fingerprint density at radius 1 is 1.21 bits per heavy atom. The lowest BCUT2D eigenvalue weighted by Crippen LogP contribution is -2.47. The molecule has 0 N–H and O–H groups in total. The number of hydrogen-bond acceptors (Lipinski definition) is 5. The predicted octanol–water partition coefficient (Wildman–Crippen LogP) is 4.48. The summed E-state index contributed by atoms with van der Waals surface area (Å²) in [6.45, 7) is 2.62. The SMILES string of the molecule is CCc1ccccc1N1CSC2=C(C#N)C(c3ccc(OC)cc3)CC(=O)N2C1. The number of allylic oxidation sites excluding steroid dienone is 1. The van der Waals surface area contributed by atoms with Crippen LogP contribution in [0.5, 0.6) is 5.75 Å². The number of para-hydroxylation sites is 1. The quantitative estimate of drug-likeness (QED) is 0.751. The highest BCUT2D eigenvalue weighted by atomic mass is 32.2. The number of fused-ring (bicyclic) bond motifs is 1. The average molecular weight is 406 g/mol. The second-order valence-electron chi connectivity index (χ2n) is 7.12. The van der Waals surface area contributed by atoms with Crippen LogP contribution >= 0.6 is 11.8 Å². The molecule has 0 spiro atoms. The number of aryl methyl sites for hydroxylation is 1. The van der Waals surface area contributed by atoms with Crippen molar-refractivity contribution >= 4 is 23.4 Å². The van der Waals surface area contributed by atoms with E-state index in [1.54, 1.807) is 23.8 Å². The van der Waals surface area contributed by atoms with E-state index < -0.39 is 0 Å². The molecular weight excluding hydrogens is 382 g/mol. The van der Waals surface area contributed by atoms with Gasteiger partial charge >= 0.3 is 0 Å². The molecule has 148 valence electrons. The first-order chi connectivity index (χ1) is 14.2. The van der Waals surface area contributed by atoms with E-state index in [4.69, 9.17) is 4.74 Å². The zero-order valence-corrected chi connectivity index (χ0v) is 17.4. The van der Waals surface area contributed by atoms with E-state index in [-0.39, 0.29) is 11.8 Å². The van der Waals surface area contributed by atoms with Gasteiger partial charge in [0, 0.05) is 18.0 Å². The fraction of sp³-hybridized carbons (Fsp3) is 0.304. The van der Waals surface area contributed by atoms with Crippen molar-refractivity contribution in [1.29, 1.82) is 5.26 Å². The molecule has 2 aromatic carbocycles. The van der Waals surface area contributed by atoms with E-state index in [0.29, 0.717) is 18.7 Å². The topological polar surface area (TPSA) is 56.6 Å². The van der Waals surface area contributed by atoms with Crippen molar-refractivity contribution in [3.63, 3.8) is 0 Å². The Hall–Kier alpha value is -2.91. The van der Waals surface area contributed by atoms with Gasteiger partial charge in [-0.25, -0.2) is 0 Å². The van der Waals surface area contributed by atoms with Crippen molar-refractivity contribution in [3.8, 4) is 11.8 Å². The molecule has 0 radical (unpaired) electrons. The number of ether oxygens (including phenoxy) is 1. The van der Waals surface area contributed by atoms with Crippen molar-refractivity contribution in [2.24, 2.45) is 0 Å². The second kappa shape index (κ2) is 8.22. The van der Waals surface area contributed by atoms with Gasteiger partial charge in [-0.15, -0.1) is 0 Å². The summed E-state index contributed by atoms with van der Waals surface area (Å²) in [6.07, 6.45) is 1.25. The number of nitriles is 1. The molecule has 2 heterocycles. The lowest BCUT2D eigenvalue weighted by Gasteiger charge is -2.42. The number of carbonyl (C=O) groups is 1. The first kappa shape index (κ1) is 19.4. The highest BCUT2D eigenvalue weighted by Gasteiger charge is 2.38. The minimum absolute atomic E-state index is 0.0611. The van der Waals surface area contributed by atoms with Crippen molar-refractivity contribution < 1.29 is 9.53 Å². The number of rotatable bonds is 4. The Morgan fingerprint density at radius 2 is 1.97 bits per heavy atom. The van der Waals surface area contributed by atoms with Crippen LogP contribution in [0.1, 0.15) is 30.4 Å². The number of methoxy groups -OCH3 is 1. The highest BCUT2D eigenvalue weighted by Crippen LogP contribution is 2.43. The highest BCUT2D eigenvalue weighted by molar-refractivity contribution is 8.03. The first-order valence-corrected chi connectivity index (χ1v) is 10.7. The van der Waals surface area contributed by atoms with Crippen LogP contribution in [0.25, 0.3) is 0 Å². The maximum Gasteiger partial charge on any atom is 0.229 e. The summed E-state index contributed by atoms with van der Waals surface area (Å²) in [7, 11) is 1.63. The Morgan fingerprint density at radius 3 is 2.66 bits per heavy atom. The Labute approximate surface area is 175 Å². The molecule has 29 heavy (non-hydrogen) atoms. The molecule has 0 aliphatic carbocycles. The average Bonchev–Trinajstić information content (AvgIpc) is 2.79. The summed E-state index contributed by atoms with van der Waals surface area (Å²) in [5.41, 5.74) is 4.08. The molecule has 2 aliphatic rings. The summed E-state index contributed by atoms with van der Waals surface area (Å²) in [4.78, 5) is 17.0. The van der Waals surface area contributed by atoms with E-state index in [9.17, 15) is 10.1 Å².